The van der Waals surface area contributed by atoms with E-state index in [1.807, 2.05) is 6.20 Å². The summed E-state index contributed by atoms with van der Waals surface area (Å²) in [5.41, 5.74) is 7.96. The SMILES string of the molecule is CC1CCN(c2cnc(C(C)C)nc2CN)CC1. The summed E-state index contributed by atoms with van der Waals surface area (Å²) in [4.78, 5) is 11.5. The Morgan fingerprint density at radius 3 is 2.61 bits per heavy atom. The zero-order valence-corrected chi connectivity index (χ0v) is 11.7. The molecule has 0 unspecified atom stereocenters. The van der Waals surface area contributed by atoms with E-state index in [-0.39, 0.29) is 0 Å². The monoisotopic (exact) mass is 248 g/mol. The zero-order chi connectivity index (χ0) is 13.1. The summed E-state index contributed by atoms with van der Waals surface area (Å²) in [6.07, 6.45) is 4.45. The van der Waals surface area contributed by atoms with Crippen LogP contribution in [0.4, 0.5) is 5.69 Å². The van der Waals surface area contributed by atoms with Crippen molar-refractivity contribution in [3.05, 3.63) is 17.7 Å². The third kappa shape index (κ3) is 2.80. The summed E-state index contributed by atoms with van der Waals surface area (Å²) in [5, 5.41) is 0. The third-order valence-corrected chi connectivity index (χ3v) is 3.70. The fourth-order valence-electron chi connectivity index (χ4n) is 2.37. The molecular weight excluding hydrogens is 224 g/mol. The summed E-state index contributed by atoms with van der Waals surface area (Å²) < 4.78 is 0. The van der Waals surface area contributed by atoms with Crippen molar-refractivity contribution in [1.82, 2.24) is 9.97 Å². The van der Waals surface area contributed by atoms with Crippen molar-refractivity contribution in [1.29, 1.82) is 0 Å². The van der Waals surface area contributed by atoms with Gasteiger partial charge in [0.1, 0.15) is 5.82 Å². The summed E-state index contributed by atoms with van der Waals surface area (Å²) in [7, 11) is 0. The highest BCUT2D eigenvalue weighted by atomic mass is 15.2. The lowest BCUT2D eigenvalue weighted by Gasteiger charge is -2.32. The van der Waals surface area contributed by atoms with E-state index in [1.54, 1.807) is 0 Å². The second-order valence-electron chi connectivity index (χ2n) is 5.59. The predicted octanol–water partition coefficient (Wildman–Crippen LogP) is 2.29. The van der Waals surface area contributed by atoms with Crippen LogP contribution in [0, 0.1) is 5.92 Å². The Morgan fingerprint density at radius 2 is 2.06 bits per heavy atom. The van der Waals surface area contributed by atoms with Crippen molar-refractivity contribution in [2.45, 2.75) is 46.1 Å². The molecule has 0 saturated carbocycles. The van der Waals surface area contributed by atoms with Crippen LogP contribution in [0.15, 0.2) is 6.20 Å². The maximum Gasteiger partial charge on any atom is 0.131 e. The van der Waals surface area contributed by atoms with Gasteiger partial charge in [-0.3, -0.25) is 0 Å². The van der Waals surface area contributed by atoms with Crippen LogP contribution >= 0.6 is 0 Å². The van der Waals surface area contributed by atoms with Crippen molar-refractivity contribution in [2.24, 2.45) is 11.7 Å². The molecule has 100 valence electrons. The Hall–Kier alpha value is -1.16. The zero-order valence-electron chi connectivity index (χ0n) is 11.7. The highest BCUT2D eigenvalue weighted by molar-refractivity contribution is 5.49. The maximum absolute atomic E-state index is 5.84. The van der Waals surface area contributed by atoms with Crippen LogP contribution in [0.5, 0.6) is 0 Å². The van der Waals surface area contributed by atoms with Gasteiger partial charge in [-0.25, -0.2) is 9.97 Å². The van der Waals surface area contributed by atoms with E-state index in [0.29, 0.717) is 12.5 Å². The van der Waals surface area contributed by atoms with Gasteiger partial charge in [-0.1, -0.05) is 20.8 Å². The minimum absolute atomic E-state index is 0.353. The van der Waals surface area contributed by atoms with Crippen molar-refractivity contribution >= 4 is 5.69 Å². The van der Waals surface area contributed by atoms with Gasteiger partial charge in [-0.15, -0.1) is 0 Å². The summed E-state index contributed by atoms with van der Waals surface area (Å²) in [6.45, 7) is 9.22. The van der Waals surface area contributed by atoms with E-state index >= 15 is 0 Å². The summed E-state index contributed by atoms with van der Waals surface area (Å²) in [6, 6.07) is 0. The quantitative estimate of drug-likeness (QED) is 0.891. The first kappa shape index (κ1) is 13.3. The van der Waals surface area contributed by atoms with E-state index in [0.717, 1.165) is 36.2 Å². The fraction of sp³-hybridized carbons (Fsp3) is 0.714. The first-order valence-corrected chi connectivity index (χ1v) is 6.92. The molecule has 4 heteroatoms. The van der Waals surface area contributed by atoms with E-state index in [4.69, 9.17) is 5.73 Å². The second-order valence-corrected chi connectivity index (χ2v) is 5.59. The lowest BCUT2D eigenvalue weighted by Crippen LogP contribution is -2.34. The molecule has 1 saturated heterocycles. The number of hydrogen-bond acceptors (Lipinski definition) is 4. The van der Waals surface area contributed by atoms with Gasteiger partial charge in [-0.2, -0.15) is 0 Å². The Bertz CT molecular complexity index is 395. The Morgan fingerprint density at radius 1 is 1.39 bits per heavy atom. The molecule has 0 radical (unpaired) electrons. The second kappa shape index (κ2) is 5.65. The average molecular weight is 248 g/mol. The van der Waals surface area contributed by atoms with Crippen LogP contribution < -0.4 is 10.6 Å². The van der Waals surface area contributed by atoms with Crippen LogP contribution in [-0.2, 0) is 6.54 Å². The normalized spacial score (nSPS) is 17.5. The number of aromatic nitrogens is 2. The highest BCUT2D eigenvalue weighted by Crippen LogP contribution is 2.25. The van der Waals surface area contributed by atoms with Crippen LogP contribution in [0.3, 0.4) is 0 Å². The van der Waals surface area contributed by atoms with Gasteiger partial charge >= 0.3 is 0 Å². The highest BCUT2D eigenvalue weighted by Gasteiger charge is 2.19. The molecule has 2 rings (SSSR count). The molecule has 1 aromatic heterocycles. The molecular formula is C14H24N4. The number of hydrogen-bond donors (Lipinski definition) is 1. The van der Waals surface area contributed by atoms with Gasteiger partial charge in [0.15, 0.2) is 0 Å². The Balaban J connectivity index is 2.22. The summed E-state index contributed by atoms with van der Waals surface area (Å²) in [5.74, 6) is 2.08. The molecule has 0 spiro atoms. The fourth-order valence-corrected chi connectivity index (χ4v) is 2.37. The van der Waals surface area contributed by atoms with Gasteiger partial charge in [0.25, 0.3) is 0 Å². The molecule has 4 nitrogen and oxygen atoms in total. The number of nitrogens with two attached hydrogens (primary N) is 1. The van der Waals surface area contributed by atoms with Crippen LogP contribution in [-0.4, -0.2) is 23.1 Å². The molecule has 0 aliphatic carbocycles. The molecule has 2 heterocycles. The van der Waals surface area contributed by atoms with Crippen molar-refractivity contribution in [3.63, 3.8) is 0 Å². The van der Waals surface area contributed by atoms with E-state index in [2.05, 4.69) is 35.6 Å². The largest absolute Gasteiger partial charge is 0.369 e. The van der Waals surface area contributed by atoms with Gasteiger partial charge in [0.2, 0.25) is 0 Å². The molecule has 0 bridgehead atoms. The first-order chi connectivity index (χ1) is 8.61. The number of anilines is 1. The molecule has 2 N–H and O–H groups in total. The van der Waals surface area contributed by atoms with E-state index in [1.165, 1.54) is 12.8 Å². The molecule has 1 aromatic rings. The van der Waals surface area contributed by atoms with Crippen molar-refractivity contribution in [2.75, 3.05) is 18.0 Å². The molecule has 1 aliphatic rings. The lowest BCUT2D eigenvalue weighted by atomic mass is 9.99. The van der Waals surface area contributed by atoms with Crippen LogP contribution in [0.1, 0.15) is 51.0 Å². The molecule has 0 atom stereocenters. The van der Waals surface area contributed by atoms with Gasteiger partial charge < -0.3 is 10.6 Å². The molecule has 1 fully saturated rings. The topological polar surface area (TPSA) is 55.0 Å². The maximum atomic E-state index is 5.84. The number of rotatable bonds is 3. The number of piperidine rings is 1. The Labute approximate surface area is 110 Å². The summed E-state index contributed by atoms with van der Waals surface area (Å²) >= 11 is 0. The number of nitrogens with zero attached hydrogens (tertiary/aromatic N) is 3. The third-order valence-electron chi connectivity index (χ3n) is 3.70. The Kier molecular flexibility index (Phi) is 4.17. The van der Waals surface area contributed by atoms with Crippen LogP contribution in [0.25, 0.3) is 0 Å². The van der Waals surface area contributed by atoms with E-state index < -0.39 is 0 Å². The minimum Gasteiger partial charge on any atom is -0.369 e. The van der Waals surface area contributed by atoms with E-state index in [9.17, 15) is 0 Å². The molecule has 1 aliphatic heterocycles. The van der Waals surface area contributed by atoms with Crippen molar-refractivity contribution in [3.8, 4) is 0 Å². The molecule has 0 amide bonds. The van der Waals surface area contributed by atoms with Gasteiger partial charge in [0, 0.05) is 25.6 Å². The standard InChI is InChI=1S/C14H24N4/c1-10(2)14-16-9-13(12(8-15)17-14)18-6-4-11(3)5-7-18/h9-11H,4-8,15H2,1-3H3. The molecule has 0 aromatic carbocycles. The molecule has 18 heavy (non-hydrogen) atoms. The first-order valence-electron chi connectivity index (χ1n) is 6.92. The van der Waals surface area contributed by atoms with Crippen molar-refractivity contribution < 1.29 is 0 Å². The van der Waals surface area contributed by atoms with Gasteiger partial charge in [-0.05, 0) is 18.8 Å². The predicted molar refractivity (Wildman–Crippen MR) is 74.6 cm³/mol. The van der Waals surface area contributed by atoms with Gasteiger partial charge in [0.05, 0.1) is 17.6 Å². The lowest BCUT2D eigenvalue weighted by molar-refractivity contribution is 0.437. The minimum atomic E-state index is 0.353. The average Bonchev–Trinajstić information content (AvgIpc) is 2.39. The smallest absolute Gasteiger partial charge is 0.131 e. The van der Waals surface area contributed by atoms with Crippen LogP contribution in [0.2, 0.25) is 0 Å².